The molecule has 0 N–H and O–H groups in total. The molecule has 0 atom stereocenters. The molecule has 7 nitrogen and oxygen atoms in total. The first-order chi connectivity index (χ1) is 6.81. The van der Waals surface area contributed by atoms with Gasteiger partial charge in [-0.2, -0.15) is 0 Å². The van der Waals surface area contributed by atoms with Crippen molar-refractivity contribution in [2.24, 2.45) is 0 Å². The normalized spacial score (nSPS) is 10.1. The number of carbonyl (C=O) groups is 1. The maximum Gasteiger partial charge on any atom is 0.396 e. The number of methoxy groups -OCH3 is 1. The molecule has 2 rings (SSSR count). The molecule has 0 bridgehead atoms. The van der Waals surface area contributed by atoms with Crippen LogP contribution in [0.25, 0.3) is 11.6 Å². The molecule has 2 aromatic heterocycles. The van der Waals surface area contributed by atoms with Gasteiger partial charge in [0.15, 0.2) is 5.69 Å². The first-order valence-corrected chi connectivity index (χ1v) is 4.34. The van der Waals surface area contributed by atoms with Gasteiger partial charge in [0.25, 0.3) is 5.89 Å². The van der Waals surface area contributed by atoms with E-state index in [-0.39, 0.29) is 11.8 Å². The van der Waals surface area contributed by atoms with E-state index in [2.05, 4.69) is 24.5 Å². The Hall–Kier alpha value is -1.83. The van der Waals surface area contributed by atoms with Crippen molar-refractivity contribution in [3.63, 3.8) is 0 Å². The van der Waals surface area contributed by atoms with Gasteiger partial charge in [-0.15, -0.1) is 15.3 Å². The molecule has 0 aromatic carbocycles. The molecule has 0 aliphatic rings. The van der Waals surface area contributed by atoms with Crippen LogP contribution in [0, 0.1) is 0 Å². The second kappa shape index (κ2) is 3.50. The minimum Gasteiger partial charge on any atom is -0.462 e. The summed E-state index contributed by atoms with van der Waals surface area (Å²) in [5.74, 6) is -0.721. The minimum absolute atomic E-state index is 0.152. The Bertz CT molecular complexity index is 438. The number of hydrogen-bond donors (Lipinski definition) is 0. The van der Waals surface area contributed by atoms with E-state index in [0.717, 1.165) is 11.5 Å². The molecule has 0 aliphatic carbocycles. The SMILES string of the molecule is COC(=O)c1nnc(-c2csnn2)o1. The van der Waals surface area contributed by atoms with Crippen LogP contribution in [0.4, 0.5) is 0 Å². The largest absolute Gasteiger partial charge is 0.462 e. The highest BCUT2D eigenvalue weighted by Gasteiger charge is 2.17. The van der Waals surface area contributed by atoms with E-state index < -0.39 is 5.97 Å². The predicted molar refractivity (Wildman–Crippen MR) is 44.5 cm³/mol. The van der Waals surface area contributed by atoms with E-state index in [0.29, 0.717) is 5.69 Å². The number of ether oxygens (including phenoxy) is 1. The molecular weight excluding hydrogens is 208 g/mol. The fraction of sp³-hybridized carbons (Fsp3) is 0.167. The van der Waals surface area contributed by atoms with Crippen molar-refractivity contribution in [3.05, 3.63) is 11.3 Å². The summed E-state index contributed by atoms with van der Waals surface area (Å²) in [5.41, 5.74) is 0.442. The van der Waals surface area contributed by atoms with Crippen molar-refractivity contribution in [2.75, 3.05) is 7.11 Å². The molecule has 14 heavy (non-hydrogen) atoms. The lowest BCUT2D eigenvalue weighted by molar-refractivity contribution is 0.0556. The van der Waals surface area contributed by atoms with Gasteiger partial charge in [-0.05, 0) is 11.5 Å². The Labute approximate surface area is 81.9 Å². The zero-order valence-electron chi connectivity index (χ0n) is 7.00. The lowest BCUT2D eigenvalue weighted by Crippen LogP contribution is -2.00. The Morgan fingerprint density at radius 2 is 2.36 bits per heavy atom. The van der Waals surface area contributed by atoms with E-state index in [9.17, 15) is 4.79 Å². The van der Waals surface area contributed by atoms with Gasteiger partial charge >= 0.3 is 11.9 Å². The van der Waals surface area contributed by atoms with Crippen molar-refractivity contribution >= 4 is 17.5 Å². The average Bonchev–Trinajstić information content (AvgIpc) is 2.86. The van der Waals surface area contributed by atoms with E-state index >= 15 is 0 Å². The summed E-state index contributed by atoms with van der Waals surface area (Å²) in [5, 5.41) is 12.4. The van der Waals surface area contributed by atoms with Crippen LogP contribution >= 0.6 is 11.5 Å². The molecule has 0 fully saturated rings. The molecule has 0 saturated carbocycles. The minimum atomic E-state index is -0.674. The predicted octanol–water partition coefficient (Wildman–Crippen LogP) is 0.375. The number of carbonyl (C=O) groups excluding carboxylic acids is 1. The maximum atomic E-state index is 10.9. The third-order valence-electron chi connectivity index (χ3n) is 1.36. The van der Waals surface area contributed by atoms with E-state index in [1.165, 1.54) is 7.11 Å². The smallest absolute Gasteiger partial charge is 0.396 e. The molecule has 0 amide bonds. The van der Waals surface area contributed by atoms with Crippen LogP contribution in [0.1, 0.15) is 10.7 Å². The molecule has 0 radical (unpaired) electrons. The highest BCUT2D eigenvalue weighted by atomic mass is 32.1. The van der Waals surface area contributed by atoms with Gasteiger partial charge < -0.3 is 9.15 Å². The fourth-order valence-electron chi connectivity index (χ4n) is 0.754. The zero-order valence-corrected chi connectivity index (χ0v) is 7.82. The lowest BCUT2D eigenvalue weighted by atomic mass is 10.5. The first-order valence-electron chi connectivity index (χ1n) is 3.50. The fourth-order valence-corrected chi connectivity index (χ4v) is 1.18. The van der Waals surface area contributed by atoms with E-state index in [1.807, 2.05) is 0 Å². The molecule has 0 saturated heterocycles. The number of esters is 1. The van der Waals surface area contributed by atoms with Crippen molar-refractivity contribution in [1.29, 1.82) is 0 Å². The highest BCUT2D eigenvalue weighted by Crippen LogP contribution is 2.15. The molecule has 0 aliphatic heterocycles. The Morgan fingerprint density at radius 1 is 1.50 bits per heavy atom. The van der Waals surface area contributed by atoms with E-state index in [1.54, 1.807) is 5.38 Å². The summed E-state index contributed by atoms with van der Waals surface area (Å²) in [6.45, 7) is 0. The molecular formula is C6H4N4O3S. The monoisotopic (exact) mass is 212 g/mol. The van der Waals surface area contributed by atoms with Crippen molar-refractivity contribution in [2.45, 2.75) is 0 Å². The van der Waals surface area contributed by atoms with Crippen molar-refractivity contribution in [1.82, 2.24) is 19.8 Å². The third-order valence-corrected chi connectivity index (χ3v) is 1.87. The number of rotatable bonds is 2. The van der Waals surface area contributed by atoms with Gasteiger partial charge in [-0.25, -0.2) is 4.79 Å². The second-order valence-corrected chi connectivity index (χ2v) is 2.80. The summed E-state index contributed by atoms with van der Waals surface area (Å²) < 4.78 is 13.0. The van der Waals surface area contributed by atoms with Crippen LogP contribution in [0.5, 0.6) is 0 Å². The molecule has 2 aromatic rings. The summed E-state index contributed by atoms with van der Waals surface area (Å²) in [4.78, 5) is 10.9. The Balaban J connectivity index is 2.31. The van der Waals surface area contributed by atoms with Crippen LogP contribution in [-0.2, 0) is 4.74 Å². The van der Waals surface area contributed by atoms with Crippen LogP contribution < -0.4 is 0 Å². The van der Waals surface area contributed by atoms with Gasteiger partial charge in [0.05, 0.1) is 7.11 Å². The maximum absolute atomic E-state index is 10.9. The lowest BCUT2D eigenvalue weighted by Gasteiger charge is -1.88. The average molecular weight is 212 g/mol. The summed E-state index contributed by atoms with van der Waals surface area (Å²) in [7, 11) is 1.23. The van der Waals surface area contributed by atoms with E-state index in [4.69, 9.17) is 4.42 Å². The molecule has 72 valence electrons. The number of hydrogen-bond acceptors (Lipinski definition) is 8. The number of nitrogens with zero attached hydrogens (tertiary/aromatic N) is 4. The van der Waals surface area contributed by atoms with Crippen molar-refractivity contribution < 1.29 is 13.9 Å². The Kier molecular flexibility index (Phi) is 2.19. The van der Waals surface area contributed by atoms with Crippen LogP contribution in [0.15, 0.2) is 9.80 Å². The van der Waals surface area contributed by atoms with Crippen LogP contribution in [-0.4, -0.2) is 32.9 Å². The highest BCUT2D eigenvalue weighted by molar-refractivity contribution is 7.03. The topological polar surface area (TPSA) is 91.0 Å². The van der Waals surface area contributed by atoms with Crippen LogP contribution in [0.3, 0.4) is 0 Å². The summed E-state index contributed by atoms with van der Waals surface area (Å²) in [6.07, 6.45) is 0. The van der Waals surface area contributed by atoms with Gasteiger partial charge in [-0.1, -0.05) is 4.49 Å². The standard InChI is InChI=1S/C6H4N4O3S/c1-12-6(11)5-9-8-4(13-5)3-2-14-10-7-3/h2H,1H3. The zero-order chi connectivity index (χ0) is 9.97. The second-order valence-electron chi connectivity index (χ2n) is 2.19. The Morgan fingerprint density at radius 3 is 3.00 bits per heavy atom. The molecule has 0 unspecified atom stereocenters. The molecule has 0 spiro atoms. The summed E-state index contributed by atoms with van der Waals surface area (Å²) >= 11 is 1.15. The molecule has 8 heteroatoms. The van der Waals surface area contributed by atoms with Gasteiger partial charge in [0.2, 0.25) is 0 Å². The quantitative estimate of drug-likeness (QED) is 0.664. The van der Waals surface area contributed by atoms with Crippen LogP contribution in [0.2, 0.25) is 0 Å². The van der Waals surface area contributed by atoms with Crippen molar-refractivity contribution in [3.8, 4) is 11.6 Å². The number of aromatic nitrogens is 4. The first kappa shape index (κ1) is 8.75. The van der Waals surface area contributed by atoms with Gasteiger partial charge in [-0.3, -0.25) is 0 Å². The summed E-state index contributed by atoms with van der Waals surface area (Å²) in [6, 6.07) is 0. The molecule has 2 heterocycles. The van der Waals surface area contributed by atoms with Gasteiger partial charge in [0.1, 0.15) is 0 Å². The third kappa shape index (κ3) is 1.46. The van der Waals surface area contributed by atoms with Gasteiger partial charge in [0, 0.05) is 5.38 Å².